The molecule has 0 fully saturated rings. The number of aliphatic imine (C=N–C) groups is 1. The van der Waals surface area contributed by atoms with Gasteiger partial charge in [-0.1, -0.05) is 43.3 Å². The van der Waals surface area contributed by atoms with Crippen molar-refractivity contribution in [2.45, 2.75) is 26.4 Å². The largest absolute Gasteiger partial charge is 0.488 e. The number of carbonyl (C=O) groups is 1. The number of para-hydroxylation sites is 1. The van der Waals surface area contributed by atoms with Gasteiger partial charge in [0.05, 0.1) is 5.57 Å². The maximum atomic E-state index is 13.9. The van der Waals surface area contributed by atoms with Gasteiger partial charge in [-0.2, -0.15) is 15.1 Å². The van der Waals surface area contributed by atoms with E-state index in [4.69, 9.17) is 10.1 Å². The van der Waals surface area contributed by atoms with E-state index >= 15 is 0 Å². The molecule has 4 rings (SSSR count). The van der Waals surface area contributed by atoms with E-state index in [9.17, 15) is 9.18 Å². The van der Waals surface area contributed by atoms with Crippen molar-refractivity contribution in [1.82, 2.24) is 5.01 Å². The predicted molar refractivity (Wildman–Crippen MR) is 117 cm³/mol. The van der Waals surface area contributed by atoms with Gasteiger partial charge in [-0.25, -0.2) is 4.39 Å². The third kappa shape index (κ3) is 4.04. The molecule has 2 aliphatic heterocycles. The molecule has 6 nitrogen and oxygen atoms in total. The number of halogens is 1. The van der Waals surface area contributed by atoms with E-state index in [0.29, 0.717) is 22.0 Å². The third-order valence-corrected chi connectivity index (χ3v) is 5.49. The molecule has 0 atom stereocenters. The van der Waals surface area contributed by atoms with Gasteiger partial charge in [-0.15, -0.1) is 0 Å². The van der Waals surface area contributed by atoms with Crippen molar-refractivity contribution >= 4 is 39.8 Å². The van der Waals surface area contributed by atoms with Crippen LogP contribution in [0, 0.1) is 11.2 Å². The monoisotopic (exact) mass is 422 g/mol. The normalized spacial score (nSPS) is 17.1. The van der Waals surface area contributed by atoms with Crippen molar-refractivity contribution in [3.8, 4) is 5.75 Å². The summed E-state index contributed by atoms with van der Waals surface area (Å²) in [4.78, 5) is 16.7. The summed E-state index contributed by atoms with van der Waals surface area (Å²) < 4.78 is 19.7. The fraction of sp³-hybridized carbons (Fsp3) is 0.182. The lowest BCUT2D eigenvalue weighted by atomic mass is 10.1. The highest BCUT2D eigenvalue weighted by Gasteiger charge is 2.35. The zero-order valence-electron chi connectivity index (χ0n) is 16.3. The number of hydrazone groups is 1. The average molecular weight is 422 g/mol. The number of hydrogen-bond donors (Lipinski definition) is 1. The van der Waals surface area contributed by atoms with Gasteiger partial charge in [0.2, 0.25) is 5.17 Å². The second-order valence-electron chi connectivity index (χ2n) is 6.68. The summed E-state index contributed by atoms with van der Waals surface area (Å²) in [6.45, 7) is 2.09. The summed E-state index contributed by atoms with van der Waals surface area (Å²) in [5.41, 5.74) is 1.16. The lowest BCUT2D eigenvalue weighted by molar-refractivity contribution is -0.114. The Labute approximate surface area is 177 Å². The zero-order valence-corrected chi connectivity index (χ0v) is 17.1. The molecule has 0 radical (unpaired) electrons. The van der Waals surface area contributed by atoms with Crippen LogP contribution < -0.4 is 4.74 Å². The molecule has 152 valence electrons. The standard InChI is InChI=1S/C22H19FN4O2S/c1-2-7-19-26-27-20(24)16(21(28)25-22(27)30-19)12-14-8-4-6-11-18(14)29-13-15-9-3-5-10-17(15)23/h3-6,8-12,24H,2,7,13H2,1H3. The first-order chi connectivity index (χ1) is 14.6. The van der Waals surface area contributed by atoms with Gasteiger partial charge >= 0.3 is 0 Å². The lowest BCUT2D eigenvalue weighted by Crippen LogP contribution is -2.35. The van der Waals surface area contributed by atoms with E-state index in [0.717, 1.165) is 17.9 Å². The Morgan fingerprint density at radius 1 is 1.20 bits per heavy atom. The number of ether oxygens (including phenoxy) is 1. The summed E-state index contributed by atoms with van der Waals surface area (Å²) >= 11 is 1.32. The minimum absolute atomic E-state index is 0.0208. The topological polar surface area (TPSA) is 78.1 Å². The second-order valence-corrected chi connectivity index (χ2v) is 7.72. The Morgan fingerprint density at radius 2 is 1.97 bits per heavy atom. The SMILES string of the molecule is CCCC1=NN2C(=N)C(=Cc3ccccc3OCc3ccccc3F)C(=O)N=C2S1. The van der Waals surface area contributed by atoms with Crippen LogP contribution in [0.25, 0.3) is 6.08 Å². The number of nitrogens with one attached hydrogen (secondary N) is 1. The Bertz CT molecular complexity index is 1110. The molecular weight excluding hydrogens is 403 g/mol. The molecular formula is C22H19FN4O2S. The van der Waals surface area contributed by atoms with E-state index in [1.165, 1.54) is 22.8 Å². The van der Waals surface area contributed by atoms with Crippen molar-refractivity contribution in [3.05, 3.63) is 71.0 Å². The molecule has 0 unspecified atom stereocenters. The van der Waals surface area contributed by atoms with Gasteiger partial charge in [0.1, 0.15) is 23.2 Å². The summed E-state index contributed by atoms with van der Waals surface area (Å²) in [5.74, 6) is -0.371. The Hall–Kier alpha value is -3.26. The Morgan fingerprint density at radius 3 is 2.77 bits per heavy atom. The van der Waals surface area contributed by atoms with Gasteiger partial charge in [-0.05, 0) is 42.8 Å². The fourth-order valence-electron chi connectivity index (χ4n) is 3.00. The zero-order chi connectivity index (χ0) is 21.1. The van der Waals surface area contributed by atoms with Crippen LogP contribution in [-0.4, -0.2) is 27.0 Å². The molecule has 8 heteroatoms. The van der Waals surface area contributed by atoms with Crippen molar-refractivity contribution in [2.75, 3.05) is 0 Å². The van der Waals surface area contributed by atoms with Crippen LogP contribution in [0.5, 0.6) is 5.75 Å². The van der Waals surface area contributed by atoms with Crippen molar-refractivity contribution in [3.63, 3.8) is 0 Å². The van der Waals surface area contributed by atoms with Crippen LogP contribution in [0.1, 0.15) is 30.9 Å². The van der Waals surface area contributed by atoms with Crippen LogP contribution in [-0.2, 0) is 11.4 Å². The fourth-order valence-corrected chi connectivity index (χ4v) is 3.99. The summed E-state index contributed by atoms with van der Waals surface area (Å²) in [6.07, 6.45) is 3.26. The lowest BCUT2D eigenvalue weighted by Gasteiger charge is -2.20. The smallest absolute Gasteiger partial charge is 0.283 e. The molecule has 1 amide bonds. The summed E-state index contributed by atoms with van der Waals surface area (Å²) in [5, 5.41) is 15.5. The minimum Gasteiger partial charge on any atom is -0.488 e. The van der Waals surface area contributed by atoms with Crippen molar-refractivity contribution < 1.29 is 13.9 Å². The predicted octanol–water partition coefficient (Wildman–Crippen LogP) is 4.82. The highest BCUT2D eigenvalue weighted by atomic mass is 32.2. The van der Waals surface area contributed by atoms with Crippen LogP contribution in [0.2, 0.25) is 0 Å². The number of nitrogens with zero attached hydrogens (tertiary/aromatic N) is 3. The molecule has 0 aliphatic carbocycles. The number of thioether (sulfide) groups is 1. The van der Waals surface area contributed by atoms with Gasteiger partial charge in [0.15, 0.2) is 5.84 Å². The molecule has 2 aromatic rings. The molecule has 0 bridgehead atoms. The molecule has 2 aromatic carbocycles. The maximum absolute atomic E-state index is 13.9. The minimum atomic E-state index is -0.490. The van der Waals surface area contributed by atoms with Gasteiger partial charge in [0.25, 0.3) is 5.91 Å². The molecule has 2 heterocycles. The third-order valence-electron chi connectivity index (χ3n) is 4.52. The highest BCUT2D eigenvalue weighted by molar-refractivity contribution is 8.26. The van der Waals surface area contributed by atoms with Crippen molar-refractivity contribution in [2.24, 2.45) is 10.1 Å². The summed E-state index contributed by atoms with van der Waals surface area (Å²) in [6, 6.07) is 13.5. The number of amidine groups is 2. The van der Waals surface area contributed by atoms with Crippen molar-refractivity contribution in [1.29, 1.82) is 5.41 Å². The molecule has 0 saturated heterocycles. The number of hydrogen-bond acceptors (Lipinski definition) is 5. The first kappa shape index (κ1) is 20.0. The van der Waals surface area contributed by atoms with Crippen LogP contribution in [0.15, 0.2) is 64.2 Å². The van der Waals surface area contributed by atoms with Crippen LogP contribution in [0.3, 0.4) is 0 Å². The van der Waals surface area contributed by atoms with Gasteiger partial charge < -0.3 is 4.74 Å². The maximum Gasteiger partial charge on any atom is 0.283 e. The number of amides is 1. The van der Waals surface area contributed by atoms with E-state index in [2.05, 4.69) is 10.1 Å². The molecule has 0 saturated carbocycles. The molecule has 1 N–H and O–H groups in total. The molecule has 0 spiro atoms. The number of fused-ring (bicyclic) bond motifs is 1. The van der Waals surface area contributed by atoms with E-state index in [-0.39, 0.29) is 23.8 Å². The average Bonchev–Trinajstić information content (AvgIpc) is 3.14. The van der Waals surface area contributed by atoms with E-state index in [1.54, 1.807) is 48.5 Å². The van der Waals surface area contributed by atoms with E-state index in [1.807, 2.05) is 6.92 Å². The molecule has 0 aromatic heterocycles. The number of carbonyl (C=O) groups excluding carboxylic acids is 1. The first-order valence-corrected chi connectivity index (χ1v) is 10.3. The number of benzene rings is 2. The quantitative estimate of drug-likeness (QED) is 0.677. The highest BCUT2D eigenvalue weighted by Crippen LogP contribution is 2.31. The van der Waals surface area contributed by atoms with Crippen LogP contribution in [0.4, 0.5) is 4.39 Å². The van der Waals surface area contributed by atoms with Gasteiger partial charge in [-0.3, -0.25) is 10.2 Å². The number of rotatable bonds is 6. The summed E-state index contributed by atoms with van der Waals surface area (Å²) in [7, 11) is 0. The Balaban J connectivity index is 1.60. The van der Waals surface area contributed by atoms with Gasteiger partial charge in [0, 0.05) is 11.1 Å². The molecule has 30 heavy (non-hydrogen) atoms. The second kappa shape index (κ2) is 8.62. The Kier molecular flexibility index (Phi) is 5.76. The first-order valence-electron chi connectivity index (χ1n) is 9.51. The molecule has 2 aliphatic rings. The van der Waals surface area contributed by atoms with Crippen LogP contribution >= 0.6 is 11.8 Å². The van der Waals surface area contributed by atoms with E-state index < -0.39 is 5.91 Å².